The van der Waals surface area contributed by atoms with Crippen LogP contribution in [0.5, 0.6) is 0 Å². The number of carbonyl (C=O) groups is 1. The number of carboxylic acid groups (broad SMARTS) is 1. The van der Waals surface area contributed by atoms with E-state index < -0.39 is 5.97 Å². The Labute approximate surface area is 141 Å². The van der Waals surface area contributed by atoms with E-state index in [0.29, 0.717) is 25.9 Å². The zero-order valence-electron chi connectivity index (χ0n) is 14.0. The Bertz CT molecular complexity index is 719. The summed E-state index contributed by atoms with van der Waals surface area (Å²) in [5.74, 6) is 0.644. The van der Waals surface area contributed by atoms with Crippen LogP contribution in [0.15, 0.2) is 30.6 Å². The standard InChI is InChI=1S/C18H22N4O2/c1-12-4-3-5-13(2)17(12)21-15-10-16(20-11-19-15)22-8-6-14(7-9-22)18(23)24/h3-5,10-11,14H,6-9H2,1-2H3,(H,23,24)(H,19,20,21). The molecule has 0 spiro atoms. The lowest BCUT2D eigenvalue weighted by Crippen LogP contribution is -2.36. The second-order valence-corrected chi connectivity index (χ2v) is 6.25. The highest BCUT2D eigenvalue weighted by molar-refractivity contribution is 5.70. The summed E-state index contributed by atoms with van der Waals surface area (Å²) in [7, 11) is 0. The van der Waals surface area contributed by atoms with Gasteiger partial charge in [0.05, 0.1) is 5.92 Å². The van der Waals surface area contributed by atoms with E-state index in [1.54, 1.807) is 6.33 Å². The van der Waals surface area contributed by atoms with Gasteiger partial charge >= 0.3 is 5.97 Å². The van der Waals surface area contributed by atoms with Crippen molar-refractivity contribution in [2.45, 2.75) is 26.7 Å². The normalized spacial score (nSPS) is 15.3. The number of nitrogens with zero attached hydrogens (tertiary/aromatic N) is 3. The number of piperidine rings is 1. The zero-order valence-corrected chi connectivity index (χ0v) is 14.0. The van der Waals surface area contributed by atoms with Gasteiger partial charge in [-0.25, -0.2) is 9.97 Å². The molecule has 0 aliphatic carbocycles. The van der Waals surface area contributed by atoms with Crippen LogP contribution >= 0.6 is 0 Å². The Morgan fingerprint density at radius 3 is 2.50 bits per heavy atom. The minimum atomic E-state index is -0.699. The molecule has 0 amide bonds. The predicted octanol–water partition coefficient (Wildman–Crippen LogP) is 3.14. The molecule has 0 unspecified atom stereocenters. The molecule has 126 valence electrons. The van der Waals surface area contributed by atoms with Gasteiger partial charge in [0.1, 0.15) is 18.0 Å². The third-order valence-electron chi connectivity index (χ3n) is 4.56. The van der Waals surface area contributed by atoms with Gasteiger partial charge in [-0.1, -0.05) is 18.2 Å². The van der Waals surface area contributed by atoms with Crippen molar-refractivity contribution in [3.8, 4) is 0 Å². The third kappa shape index (κ3) is 3.48. The quantitative estimate of drug-likeness (QED) is 0.899. The summed E-state index contributed by atoms with van der Waals surface area (Å²) < 4.78 is 0. The summed E-state index contributed by atoms with van der Waals surface area (Å²) in [4.78, 5) is 21.8. The van der Waals surface area contributed by atoms with Crippen LogP contribution in [0.1, 0.15) is 24.0 Å². The number of nitrogens with one attached hydrogen (secondary N) is 1. The molecule has 3 rings (SSSR count). The number of anilines is 3. The lowest BCUT2D eigenvalue weighted by atomic mass is 9.97. The number of rotatable bonds is 4. The largest absolute Gasteiger partial charge is 0.481 e. The van der Waals surface area contributed by atoms with Gasteiger partial charge in [-0.05, 0) is 37.8 Å². The fourth-order valence-electron chi connectivity index (χ4n) is 3.08. The van der Waals surface area contributed by atoms with E-state index in [1.165, 1.54) is 0 Å². The Hall–Kier alpha value is -2.63. The van der Waals surface area contributed by atoms with E-state index in [9.17, 15) is 4.79 Å². The van der Waals surface area contributed by atoms with Gasteiger partial charge in [-0.3, -0.25) is 4.79 Å². The number of aliphatic carboxylic acids is 1. The maximum Gasteiger partial charge on any atom is 0.306 e. The number of aromatic nitrogens is 2. The SMILES string of the molecule is Cc1cccc(C)c1Nc1cc(N2CCC(C(=O)O)CC2)ncn1. The van der Waals surface area contributed by atoms with Crippen molar-refractivity contribution in [2.75, 3.05) is 23.3 Å². The van der Waals surface area contributed by atoms with Crippen LogP contribution in [0.4, 0.5) is 17.3 Å². The number of hydrogen-bond donors (Lipinski definition) is 2. The molecule has 0 bridgehead atoms. The summed E-state index contributed by atoms with van der Waals surface area (Å²) in [5.41, 5.74) is 3.39. The van der Waals surface area contributed by atoms with Crippen LogP contribution in [0, 0.1) is 19.8 Å². The monoisotopic (exact) mass is 326 g/mol. The maximum atomic E-state index is 11.1. The fraction of sp³-hybridized carbons (Fsp3) is 0.389. The first-order valence-corrected chi connectivity index (χ1v) is 8.17. The predicted molar refractivity (Wildman–Crippen MR) is 93.8 cm³/mol. The highest BCUT2D eigenvalue weighted by Gasteiger charge is 2.25. The summed E-state index contributed by atoms with van der Waals surface area (Å²) in [6.45, 7) is 5.54. The smallest absolute Gasteiger partial charge is 0.306 e. The van der Waals surface area contributed by atoms with Crippen molar-refractivity contribution in [1.82, 2.24) is 9.97 Å². The Balaban J connectivity index is 1.74. The molecule has 1 aromatic heterocycles. The van der Waals surface area contributed by atoms with E-state index in [-0.39, 0.29) is 5.92 Å². The van der Waals surface area contributed by atoms with Gasteiger partial charge in [0.15, 0.2) is 0 Å². The third-order valence-corrected chi connectivity index (χ3v) is 4.56. The van der Waals surface area contributed by atoms with Crippen molar-refractivity contribution in [2.24, 2.45) is 5.92 Å². The van der Waals surface area contributed by atoms with Crippen molar-refractivity contribution in [3.63, 3.8) is 0 Å². The fourth-order valence-corrected chi connectivity index (χ4v) is 3.08. The van der Waals surface area contributed by atoms with E-state index in [2.05, 4.69) is 46.2 Å². The second kappa shape index (κ2) is 6.86. The number of benzene rings is 1. The summed E-state index contributed by atoms with van der Waals surface area (Å²) >= 11 is 0. The van der Waals surface area contributed by atoms with Crippen LogP contribution in [-0.2, 0) is 4.79 Å². The highest BCUT2D eigenvalue weighted by atomic mass is 16.4. The van der Waals surface area contributed by atoms with E-state index >= 15 is 0 Å². The highest BCUT2D eigenvalue weighted by Crippen LogP contribution is 2.26. The molecule has 2 aromatic rings. The van der Waals surface area contributed by atoms with Crippen molar-refractivity contribution < 1.29 is 9.90 Å². The topological polar surface area (TPSA) is 78.4 Å². The Morgan fingerprint density at radius 2 is 1.88 bits per heavy atom. The van der Waals surface area contributed by atoms with Gasteiger partial charge in [0.25, 0.3) is 0 Å². The summed E-state index contributed by atoms with van der Waals surface area (Å²) in [5, 5.41) is 12.5. The van der Waals surface area contributed by atoms with Crippen LogP contribution in [0.25, 0.3) is 0 Å². The molecule has 1 saturated heterocycles. The van der Waals surface area contributed by atoms with Crippen molar-refractivity contribution in [3.05, 3.63) is 41.7 Å². The molecular formula is C18H22N4O2. The Kier molecular flexibility index (Phi) is 4.64. The molecule has 0 atom stereocenters. The molecule has 2 heterocycles. The van der Waals surface area contributed by atoms with Gasteiger partial charge in [-0.2, -0.15) is 0 Å². The van der Waals surface area contributed by atoms with E-state index in [1.807, 2.05) is 12.1 Å². The zero-order chi connectivity index (χ0) is 17.1. The Morgan fingerprint density at radius 1 is 1.21 bits per heavy atom. The van der Waals surface area contributed by atoms with Gasteiger partial charge in [0.2, 0.25) is 0 Å². The van der Waals surface area contributed by atoms with Crippen LogP contribution < -0.4 is 10.2 Å². The summed E-state index contributed by atoms with van der Waals surface area (Å²) in [6, 6.07) is 8.09. The first-order valence-electron chi connectivity index (χ1n) is 8.17. The molecule has 0 saturated carbocycles. The molecular weight excluding hydrogens is 304 g/mol. The number of hydrogen-bond acceptors (Lipinski definition) is 5. The average molecular weight is 326 g/mol. The lowest BCUT2D eigenvalue weighted by molar-refractivity contribution is -0.142. The van der Waals surface area contributed by atoms with Crippen molar-refractivity contribution >= 4 is 23.3 Å². The number of aryl methyl sites for hydroxylation is 2. The molecule has 0 radical (unpaired) electrons. The van der Waals surface area contributed by atoms with Crippen molar-refractivity contribution in [1.29, 1.82) is 0 Å². The van der Waals surface area contributed by atoms with Gasteiger partial charge in [0, 0.05) is 24.8 Å². The molecule has 24 heavy (non-hydrogen) atoms. The lowest BCUT2D eigenvalue weighted by Gasteiger charge is -2.31. The minimum Gasteiger partial charge on any atom is -0.481 e. The molecule has 1 aromatic carbocycles. The first kappa shape index (κ1) is 16.2. The van der Waals surface area contributed by atoms with Crippen LogP contribution in [0.3, 0.4) is 0 Å². The first-order chi connectivity index (χ1) is 11.5. The van der Waals surface area contributed by atoms with E-state index in [4.69, 9.17) is 5.11 Å². The summed E-state index contributed by atoms with van der Waals surface area (Å²) in [6.07, 6.45) is 2.85. The van der Waals surface area contributed by atoms with Gasteiger partial charge in [-0.15, -0.1) is 0 Å². The average Bonchev–Trinajstić information content (AvgIpc) is 2.59. The maximum absolute atomic E-state index is 11.1. The minimum absolute atomic E-state index is 0.240. The molecule has 1 aliphatic heterocycles. The second-order valence-electron chi connectivity index (χ2n) is 6.25. The molecule has 2 N–H and O–H groups in total. The molecule has 6 heteroatoms. The molecule has 1 aliphatic rings. The number of carboxylic acids is 1. The van der Waals surface area contributed by atoms with Gasteiger partial charge < -0.3 is 15.3 Å². The van der Waals surface area contributed by atoms with Crippen LogP contribution in [-0.4, -0.2) is 34.1 Å². The van der Waals surface area contributed by atoms with E-state index in [0.717, 1.165) is 28.5 Å². The number of para-hydroxylation sites is 1. The molecule has 6 nitrogen and oxygen atoms in total. The van der Waals surface area contributed by atoms with Crippen LogP contribution in [0.2, 0.25) is 0 Å². The molecule has 1 fully saturated rings.